The Kier molecular flexibility index (Phi) is 6.64. The number of hydrogen-bond donors (Lipinski definition) is 0. The molecule has 0 bridgehead atoms. The average Bonchev–Trinajstić information content (AvgIpc) is 3.57. The molecule has 0 N–H and O–H groups in total. The zero-order valence-corrected chi connectivity index (χ0v) is 28.4. The monoisotopic (exact) mass is 630 g/mol. The smallest absolute Gasteiger partial charge is 0.0541 e. The van der Waals surface area contributed by atoms with Gasteiger partial charge in [-0.05, 0) is 114 Å². The van der Waals surface area contributed by atoms with Crippen molar-refractivity contribution in [3.05, 3.63) is 180 Å². The molecule has 9 rings (SSSR count). The molecule has 8 aromatic rings. The molecule has 0 amide bonds. The maximum absolute atomic E-state index is 2.38. The van der Waals surface area contributed by atoms with Crippen LogP contribution in [0.5, 0.6) is 0 Å². The minimum atomic E-state index is -0.0169. The normalized spacial score (nSPS) is 13.1. The van der Waals surface area contributed by atoms with Gasteiger partial charge in [-0.2, -0.15) is 0 Å². The fourth-order valence-electron chi connectivity index (χ4n) is 7.96. The molecule has 1 aliphatic carbocycles. The number of hydrogen-bond acceptors (Lipinski definition) is 1. The first kappa shape index (κ1) is 29.3. The van der Waals surface area contributed by atoms with Crippen LogP contribution in [-0.2, 0) is 5.41 Å². The molecule has 2 nitrogen and oxygen atoms in total. The molecule has 0 saturated carbocycles. The lowest BCUT2D eigenvalue weighted by molar-refractivity contribution is 0.660. The van der Waals surface area contributed by atoms with Crippen LogP contribution in [0.3, 0.4) is 0 Å². The van der Waals surface area contributed by atoms with E-state index in [1.165, 1.54) is 72.0 Å². The van der Waals surface area contributed by atoms with Crippen molar-refractivity contribution in [3.63, 3.8) is 0 Å². The number of rotatable bonds is 5. The van der Waals surface area contributed by atoms with E-state index in [1.807, 2.05) is 0 Å². The van der Waals surface area contributed by atoms with Crippen LogP contribution in [0.2, 0.25) is 0 Å². The van der Waals surface area contributed by atoms with E-state index < -0.39 is 0 Å². The molecule has 0 saturated heterocycles. The van der Waals surface area contributed by atoms with Crippen molar-refractivity contribution >= 4 is 38.9 Å². The van der Waals surface area contributed by atoms with Crippen LogP contribution in [0.1, 0.15) is 36.1 Å². The van der Waals surface area contributed by atoms with Crippen LogP contribution in [0.15, 0.2) is 158 Å². The number of anilines is 3. The molecule has 1 aromatic heterocycles. The molecule has 0 unspecified atom stereocenters. The van der Waals surface area contributed by atoms with Crippen molar-refractivity contribution < 1.29 is 0 Å². The van der Waals surface area contributed by atoms with Crippen molar-refractivity contribution in [2.75, 3.05) is 4.90 Å². The summed E-state index contributed by atoms with van der Waals surface area (Å²) in [5.74, 6) is 0. The Labute approximate surface area is 288 Å². The molecule has 2 heteroatoms. The van der Waals surface area contributed by atoms with Crippen molar-refractivity contribution in [1.29, 1.82) is 0 Å². The lowest BCUT2D eigenvalue weighted by Crippen LogP contribution is -2.15. The van der Waals surface area contributed by atoms with E-state index in [9.17, 15) is 0 Å². The van der Waals surface area contributed by atoms with E-state index in [4.69, 9.17) is 0 Å². The molecule has 49 heavy (non-hydrogen) atoms. The van der Waals surface area contributed by atoms with Crippen LogP contribution in [-0.4, -0.2) is 4.57 Å². The first-order valence-electron chi connectivity index (χ1n) is 17.2. The summed E-state index contributed by atoms with van der Waals surface area (Å²) < 4.78 is 2.38. The second-order valence-electron chi connectivity index (χ2n) is 14.0. The number of benzene rings is 7. The Bertz CT molecular complexity index is 2510. The Balaban J connectivity index is 1.09. The summed E-state index contributed by atoms with van der Waals surface area (Å²) in [4.78, 5) is 2.38. The van der Waals surface area contributed by atoms with Gasteiger partial charge >= 0.3 is 0 Å². The van der Waals surface area contributed by atoms with Gasteiger partial charge in [-0.3, -0.25) is 0 Å². The topological polar surface area (TPSA) is 8.17 Å². The van der Waals surface area contributed by atoms with E-state index in [0.717, 1.165) is 17.1 Å². The Morgan fingerprint density at radius 1 is 0.449 bits per heavy atom. The minimum Gasteiger partial charge on any atom is -0.310 e. The molecule has 0 radical (unpaired) electrons. The molecule has 1 heterocycles. The summed E-state index contributed by atoms with van der Waals surface area (Å²) in [6.45, 7) is 8.98. The average molecular weight is 631 g/mol. The predicted octanol–water partition coefficient (Wildman–Crippen LogP) is 12.8. The highest BCUT2D eigenvalue weighted by molar-refractivity contribution is 6.09. The fraction of sp³-hybridized carbons (Fsp3) is 0.106. The van der Waals surface area contributed by atoms with Gasteiger partial charge in [0, 0.05) is 38.9 Å². The quantitative estimate of drug-likeness (QED) is 0.184. The highest BCUT2D eigenvalue weighted by Gasteiger charge is 2.35. The zero-order valence-electron chi connectivity index (χ0n) is 28.4. The van der Waals surface area contributed by atoms with Crippen molar-refractivity contribution in [2.45, 2.75) is 33.1 Å². The Morgan fingerprint density at radius 2 is 1.02 bits per heavy atom. The van der Waals surface area contributed by atoms with Crippen LogP contribution < -0.4 is 4.90 Å². The third-order valence-corrected chi connectivity index (χ3v) is 10.5. The lowest BCUT2D eigenvalue weighted by Gasteiger charge is -2.27. The fourth-order valence-corrected chi connectivity index (χ4v) is 7.96. The summed E-state index contributed by atoms with van der Waals surface area (Å²) in [5, 5.41) is 2.58. The van der Waals surface area contributed by atoms with Gasteiger partial charge in [0.15, 0.2) is 0 Å². The highest BCUT2D eigenvalue weighted by Crippen LogP contribution is 2.50. The summed E-state index contributed by atoms with van der Waals surface area (Å²) in [5.41, 5.74) is 17.4. The molecular weight excluding hydrogens is 593 g/mol. The molecule has 0 atom stereocenters. The zero-order chi connectivity index (χ0) is 33.3. The summed E-state index contributed by atoms with van der Waals surface area (Å²) in [7, 11) is 0. The lowest BCUT2D eigenvalue weighted by atomic mass is 9.82. The van der Waals surface area contributed by atoms with Gasteiger partial charge in [0.25, 0.3) is 0 Å². The number of nitrogens with zero attached hydrogens (tertiary/aromatic N) is 2. The van der Waals surface area contributed by atoms with Gasteiger partial charge in [0.1, 0.15) is 0 Å². The predicted molar refractivity (Wildman–Crippen MR) is 208 cm³/mol. The number of fused-ring (bicyclic) bond motifs is 6. The van der Waals surface area contributed by atoms with Crippen LogP contribution in [0.25, 0.3) is 49.7 Å². The van der Waals surface area contributed by atoms with Crippen molar-refractivity contribution in [3.8, 4) is 27.9 Å². The van der Waals surface area contributed by atoms with E-state index >= 15 is 0 Å². The third kappa shape index (κ3) is 4.70. The van der Waals surface area contributed by atoms with Crippen LogP contribution in [0, 0.1) is 13.8 Å². The second kappa shape index (κ2) is 11.1. The maximum atomic E-state index is 2.38. The van der Waals surface area contributed by atoms with Crippen LogP contribution in [0.4, 0.5) is 17.1 Å². The molecule has 1 aliphatic rings. The second-order valence-corrected chi connectivity index (χ2v) is 14.0. The molecule has 7 aromatic carbocycles. The first-order valence-corrected chi connectivity index (χ1v) is 17.2. The summed E-state index contributed by atoms with van der Waals surface area (Å²) in [6, 6.07) is 58.2. The number of aromatic nitrogens is 1. The standard InChI is InChI=1S/C47H38N2/c1-31-13-20-35(21-14-31)48(38-26-27-44-41(30-38)39-9-5-7-11-43(39)47(44,3)4)36-22-16-33(17-23-36)34-18-24-37(25-19-34)49-45-12-8-6-10-40(45)42-29-32(2)15-28-46(42)49/h5-30H,1-4H3. The highest BCUT2D eigenvalue weighted by atomic mass is 15.1. The van der Waals surface area contributed by atoms with E-state index in [1.54, 1.807) is 0 Å². The first-order chi connectivity index (χ1) is 23.9. The SMILES string of the molecule is Cc1ccc(N(c2ccc(-c3ccc(-n4c5ccccc5c5cc(C)ccc54)cc3)cc2)c2ccc3c(c2)-c2ccccc2C3(C)C)cc1. The molecule has 0 fully saturated rings. The largest absolute Gasteiger partial charge is 0.310 e. The van der Waals surface area contributed by atoms with Gasteiger partial charge in [-0.1, -0.05) is 116 Å². The van der Waals surface area contributed by atoms with Gasteiger partial charge in [-0.15, -0.1) is 0 Å². The molecule has 236 valence electrons. The van der Waals surface area contributed by atoms with Crippen LogP contribution >= 0.6 is 0 Å². The number of aryl methyl sites for hydroxylation is 2. The van der Waals surface area contributed by atoms with E-state index in [0.29, 0.717) is 0 Å². The summed E-state index contributed by atoms with van der Waals surface area (Å²) in [6.07, 6.45) is 0. The van der Waals surface area contributed by atoms with Crippen molar-refractivity contribution in [2.24, 2.45) is 0 Å². The number of para-hydroxylation sites is 1. The molecule has 0 spiro atoms. The third-order valence-electron chi connectivity index (χ3n) is 10.5. The van der Waals surface area contributed by atoms with Gasteiger partial charge < -0.3 is 9.47 Å². The maximum Gasteiger partial charge on any atom is 0.0541 e. The van der Waals surface area contributed by atoms with Gasteiger partial charge in [0.05, 0.1) is 11.0 Å². The minimum absolute atomic E-state index is 0.0169. The van der Waals surface area contributed by atoms with Gasteiger partial charge in [-0.25, -0.2) is 0 Å². The summed E-state index contributed by atoms with van der Waals surface area (Å²) >= 11 is 0. The molecular formula is C47H38N2. The van der Waals surface area contributed by atoms with Gasteiger partial charge in [0.2, 0.25) is 0 Å². The Morgan fingerprint density at radius 3 is 1.78 bits per heavy atom. The van der Waals surface area contributed by atoms with Crippen molar-refractivity contribution in [1.82, 2.24) is 4.57 Å². The van der Waals surface area contributed by atoms with E-state index in [2.05, 4.69) is 195 Å². The molecule has 0 aliphatic heterocycles. The Hall–Kier alpha value is -5.86. The van der Waals surface area contributed by atoms with E-state index in [-0.39, 0.29) is 5.41 Å².